The van der Waals surface area contributed by atoms with E-state index in [1.807, 2.05) is 38.1 Å². The van der Waals surface area contributed by atoms with Crippen LogP contribution in [0, 0.1) is 6.92 Å². The van der Waals surface area contributed by atoms with E-state index in [0.717, 1.165) is 17.5 Å². The molecule has 4 heteroatoms. The Labute approximate surface area is 120 Å². The second-order valence-electron chi connectivity index (χ2n) is 5.43. The van der Waals surface area contributed by atoms with Gasteiger partial charge in [0, 0.05) is 6.54 Å². The molecule has 2 rings (SSSR count). The average Bonchev–Trinajstić information content (AvgIpc) is 2.42. The van der Waals surface area contributed by atoms with Crippen molar-refractivity contribution in [1.82, 2.24) is 10.2 Å². The Morgan fingerprint density at radius 3 is 2.60 bits per heavy atom. The topological polar surface area (TPSA) is 49.4 Å². The van der Waals surface area contributed by atoms with Gasteiger partial charge in [0.15, 0.2) is 0 Å². The number of nitrogens with one attached hydrogen (secondary N) is 1. The minimum Gasteiger partial charge on any atom is -0.343 e. The lowest BCUT2D eigenvalue weighted by atomic mass is 10.0. The minimum atomic E-state index is -0.431. The molecular formula is C16H22N2O2. The summed E-state index contributed by atoms with van der Waals surface area (Å²) in [6, 6.07) is 7.22. The Bertz CT molecular complexity index is 513. The van der Waals surface area contributed by atoms with E-state index in [-0.39, 0.29) is 17.9 Å². The lowest BCUT2D eigenvalue weighted by Gasteiger charge is -2.38. The highest BCUT2D eigenvalue weighted by Crippen LogP contribution is 2.19. The third-order valence-electron chi connectivity index (χ3n) is 3.86. The first-order chi connectivity index (χ1) is 9.54. The zero-order valence-corrected chi connectivity index (χ0v) is 12.3. The molecule has 0 aromatic heterocycles. The molecule has 20 heavy (non-hydrogen) atoms. The molecule has 1 fully saturated rings. The molecule has 2 amide bonds. The van der Waals surface area contributed by atoms with Gasteiger partial charge in [0.1, 0.15) is 12.1 Å². The minimum absolute atomic E-state index is 0.00584. The standard InChI is InChI=1S/C16H22N2O2/c1-4-7-14-15(19)17-12(3)16(20)18(14)10-13-9-6-5-8-11(13)2/h5-6,8-9,12,14H,4,7,10H2,1-3H3,(H,17,19). The van der Waals surface area contributed by atoms with Crippen molar-refractivity contribution >= 4 is 11.8 Å². The van der Waals surface area contributed by atoms with Crippen LogP contribution in [-0.4, -0.2) is 28.8 Å². The van der Waals surface area contributed by atoms with Gasteiger partial charge in [0.25, 0.3) is 0 Å². The number of hydrogen-bond donors (Lipinski definition) is 1. The van der Waals surface area contributed by atoms with E-state index in [2.05, 4.69) is 5.32 Å². The van der Waals surface area contributed by atoms with Crippen LogP contribution < -0.4 is 5.32 Å². The number of carbonyl (C=O) groups excluding carboxylic acids is 2. The van der Waals surface area contributed by atoms with Crippen molar-refractivity contribution in [2.45, 2.75) is 52.2 Å². The van der Waals surface area contributed by atoms with Gasteiger partial charge in [0.2, 0.25) is 11.8 Å². The second kappa shape index (κ2) is 6.07. The molecule has 4 nitrogen and oxygen atoms in total. The summed E-state index contributed by atoms with van der Waals surface area (Å²) in [7, 11) is 0. The molecule has 0 saturated carbocycles. The second-order valence-corrected chi connectivity index (χ2v) is 5.43. The molecule has 1 aromatic rings. The van der Waals surface area contributed by atoms with Crippen LogP contribution in [0.15, 0.2) is 24.3 Å². The molecule has 108 valence electrons. The fourth-order valence-corrected chi connectivity index (χ4v) is 2.63. The molecule has 1 N–H and O–H groups in total. The molecule has 1 aliphatic rings. The molecular weight excluding hydrogens is 252 g/mol. The zero-order valence-electron chi connectivity index (χ0n) is 12.3. The van der Waals surface area contributed by atoms with Crippen LogP contribution in [0.2, 0.25) is 0 Å². The van der Waals surface area contributed by atoms with Crippen LogP contribution in [0.5, 0.6) is 0 Å². The monoisotopic (exact) mass is 274 g/mol. The van der Waals surface area contributed by atoms with Crippen molar-refractivity contribution in [3.8, 4) is 0 Å². The third kappa shape index (κ3) is 2.84. The van der Waals surface area contributed by atoms with Crippen LogP contribution in [0.3, 0.4) is 0 Å². The van der Waals surface area contributed by atoms with E-state index in [9.17, 15) is 9.59 Å². The van der Waals surface area contributed by atoms with Crippen LogP contribution >= 0.6 is 0 Å². The number of amides is 2. The molecule has 0 aliphatic carbocycles. The number of nitrogens with zero attached hydrogens (tertiary/aromatic N) is 1. The molecule has 0 radical (unpaired) electrons. The highest BCUT2D eigenvalue weighted by Gasteiger charge is 2.37. The van der Waals surface area contributed by atoms with Crippen LogP contribution in [-0.2, 0) is 16.1 Å². The van der Waals surface area contributed by atoms with Crippen molar-refractivity contribution in [2.24, 2.45) is 0 Å². The average molecular weight is 274 g/mol. The van der Waals surface area contributed by atoms with Gasteiger partial charge >= 0.3 is 0 Å². The maximum Gasteiger partial charge on any atom is 0.245 e. The van der Waals surface area contributed by atoms with E-state index < -0.39 is 6.04 Å². The van der Waals surface area contributed by atoms with Crippen molar-refractivity contribution < 1.29 is 9.59 Å². The number of aryl methyl sites for hydroxylation is 1. The highest BCUT2D eigenvalue weighted by molar-refractivity contribution is 5.96. The summed E-state index contributed by atoms with van der Waals surface area (Å²) < 4.78 is 0. The van der Waals surface area contributed by atoms with Gasteiger partial charge in [-0.15, -0.1) is 0 Å². The highest BCUT2D eigenvalue weighted by atomic mass is 16.2. The first-order valence-corrected chi connectivity index (χ1v) is 7.20. The SMILES string of the molecule is CCCC1C(=O)NC(C)C(=O)N1Cc1ccccc1C. The molecule has 1 heterocycles. The van der Waals surface area contributed by atoms with Crippen molar-refractivity contribution in [3.63, 3.8) is 0 Å². The lowest BCUT2D eigenvalue weighted by Crippen LogP contribution is -2.61. The van der Waals surface area contributed by atoms with Crippen molar-refractivity contribution in [1.29, 1.82) is 0 Å². The first-order valence-electron chi connectivity index (χ1n) is 7.20. The fourth-order valence-electron chi connectivity index (χ4n) is 2.63. The Morgan fingerprint density at radius 1 is 1.25 bits per heavy atom. The largest absolute Gasteiger partial charge is 0.343 e. The van der Waals surface area contributed by atoms with Gasteiger partial charge in [-0.3, -0.25) is 9.59 Å². The summed E-state index contributed by atoms with van der Waals surface area (Å²) in [5, 5.41) is 2.76. The van der Waals surface area contributed by atoms with Crippen LogP contribution in [0.4, 0.5) is 0 Å². The Morgan fingerprint density at radius 2 is 1.95 bits per heavy atom. The summed E-state index contributed by atoms with van der Waals surface area (Å²) in [5.41, 5.74) is 2.25. The quantitative estimate of drug-likeness (QED) is 0.913. The van der Waals surface area contributed by atoms with Gasteiger partial charge in [-0.25, -0.2) is 0 Å². The predicted molar refractivity (Wildman–Crippen MR) is 78.0 cm³/mol. The van der Waals surface area contributed by atoms with Gasteiger partial charge < -0.3 is 10.2 Å². The van der Waals surface area contributed by atoms with Gasteiger partial charge in [-0.05, 0) is 31.4 Å². The number of hydrogen-bond acceptors (Lipinski definition) is 2. The van der Waals surface area contributed by atoms with Crippen LogP contribution in [0.1, 0.15) is 37.8 Å². The Balaban J connectivity index is 2.26. The van der Waals surface area contributed by atoms with Crippen LogP contribution in [0.25, 0.3) is 0 Å². The van der Waals surface area contributed by atoms with Gasteiger partial charge in [-0.1, -0.05) is 37.6 Å². The summed E-state index contributed by atoms with van der Waals surface area (Å²) >= 11 is 0. The fraction of sp³-hybridized carbons (Fsp3) is 0.500. The number of rotatable bonds is 4. The van der Waals surface area contributed by atoms with E-state index in [1.165, 1.54) is 0 Å². The molecule has 0 spiro atoms. The van der Waals surface area contributed by atoms with E-state index in [4.69, 9.17) is 0 Å². The molecule has 1 aromatic carbocycles. The van der Waals surface area contributed by atoms with E-state index in [1.54, 1.807) is 11.8 Å². The molecule has 2 atom stereocenters. The lowest BCUT2D eigenvalue weighted by molar-refractivity contribution is -0.149. The molecule has 1 aliphatic heterocycles. The van der Waals surface area contributed by atoms with Gasteiger partial charge in [0.05, 0.1) is 0 Å². The maximum absolute atomic E-state index is 12.4. The Kier molecular flexibility index (Phi) is 4.42. The Hall–Kier alpha value is -1.84. The summed E-state index contributed by atoms with van der Waals surface area (Å²) in [4.78, 5) is 26.2. The van der Waals surface area contributed by atoms with Crippen molar-refractivity contribution in [3.05, 3.63) is 35.4 Å². The predicted octanol–water partition coefficient (Wildman–Crippen LogP) is 2.01. The first kappa shape index (κ1) is 14.6. The molecule has 0 bridgehead atoms. The van der Waals surface area contributed by atoms with E-state index in [0.29, 0.717) is 13.0 Å². The summed E-state index contributed by atoms with van der Waals surface area (Å²) in [5.74, 6) is -0.0289. The zero-order chi connectivity index (χ0) is 14.7. The van der Waals surface area contributed by atoms with E-state index >= 15 is 0 Å². The summed E-state index contributed by atoms with van der Waals surface area (Å²) in [6.07, 6.45) is 1.58. The summed E-state index contributed by atoms with van der Waals surface area (Å²) in [6.45, 7) is 6.31. The molecule has 1 saturated heterocycles. The smallest absolute Gasteiger partial charge is 0.245 e. The number of benzene rings is 1. The normalized spacial score (nSPS) is 22.9. The maximum atomic E-state index is 12.4. The van der Waals surface area contributed by atoms with Gasteiger partial charge in [-0.2, -0.15) is 0 Å². The molecule has 2 unspecified atom stereocenters. The van der Waals surface area contributed by atoms with Crippen molar-refractivity contribution in [2.75, 3.05) is 0 Å². The number of carbonyl (C=O) groups is 2. The number of piperazine rings is 1. The third-order valence-corrected chi connectivity index (χ3v) is 3.86.